The molecule has 0 aliphatic carbocycles. The van der Waals surface area contributed by atoms with Gasteiger partial charge in [0.1, 0.15) is 18.6 Å². The Balaban J connectivity index is 1.89. The number of esters is 1. The first kappa shape index (κ1) is 36.6. The summed E-state index contributed by atoms with van der Waals surface area (Å²) in [6, 6.07) is 12.5. The summed E-state index contributed by atoms with van der Waals surface area (Å²) in [4.78, 5) is 55.8. The number of nitrogens with zero attached hydrogens (tertiary/aromatic N) is 3. The third kappa shape index (κ3) is 9.59. The van der Waals surface area contributed by atoms with E-state index in [1.54, 1.807) is 31.2 Å². The SMILES string of the molecule is CCOC(=O)C1=C(CN(CC(C)(C)NCC(O)COc2ccccc2OC)C(C)=O)N=C(C)C(C(=O)O)C1c1cccc([N+](=O)[O-])c1. The number of non-ortho nitro benzene ring substituents is 1. The lowest BCUT2D eigenvalue weighted by Crippen LogP contribution is -2.53. The Hall–Kier alpha value is -4.82. The lowest BCUT2D eigenvalue weighted by atomic mass is 9.75. The monoisotopic (exact) mass is 654 g/mol. The van der Waals surface area contributed by atoms with Gasteiger partial charge in [0.15, 0.2) is 11.5 Å². The Labute approximate surface area is 273 Å². The van der Waals surface area contributed by atoms with Crippen molar-refractivity contribution >= 4 is 29.2 Å². The molecule has 0 fully saturated rings. The first-order chi connectivity index (χ1) is 22.2. The van der Waals surface area contributed by atoms with Crippen LogP contribution in [0.2, 0.25) is 0 Å². The number of β-amino-alcohol motifs (C(OH)–C–C–N with tert-alkyl or cyclic N) is 1. The number of carbonyl (C=O) groups excluding carboxylic acids is 2. The van der Waals surface area contributed by atoms with Crippen LogP contribution in [0.4, 0.5) is 5.69 Å². The highest BCUT2D eigenvalue weighted by atomic mass is 16.6. The van der Waals surface area contributed by atoms with Crippen LogP contribution in [0, 0.1) is 16.0 Å². The minimum atomic E-state index is -1.32. The largest absolute Gasteiger partial charge is 0.493 e. The average molecular weight is 655 g/mol. The highest BCUT2D eigenvalue weighted by Gasteiger charge is 2.43. The van der Waals surface area contributed by atoms with Gasteiger partial charge in [0.05, 0.1) is 36.5 Å². The van der Waals surface area contributed by atoms with Crippen molar-refractivity contribution in [2.75, 3.05) is 40.0 Å². The number of aliphatic hydroxyl groups excluding tert-OH is 1. The molecule has 1 heterocycles. The number of rotatable bonds is 16. The second kappa shape index (κ2) is 16.1. The quantitative estimate of drug-likeness (QED) is 0.137. The van der Waals surface area contributed by atoms with Gasteiger partial charge >= 0.3 is 11.9 Å². The number of hydrogen-bond donors (Lipinski definition) is 3. The number of carboxylic acid groups (broad SMARTS) is 1. The molecule has 14 nitrogen and oxygen atoms in total. The van der Waals surface area contributed by atoms with Crippen LogP contribution in [0.5, 0.6) is 11.5 Å². The van der Waals surface area contributed by atoms with Crippen molar-refractivity contribution in [3.05, 3.63) is 75.5 Å². The molecule has 1 aliphatic heterocycles. The minimum absolute atomic E-state index is 0.0197. The molecule has 0 radical (unpaired) electrons. The third-order valence-electron chi connectivity index (χ3n) is 7.61. The number of carbonyl (C=O) groups is 3. The van der Waals surface area contributed by atoms with Crippen LogP contribution in [0.25, 0.3) is 0 Å². The van der Waals surface area contributed by atoms with E-state index in [0.717, 1.165) is 0 Å². The zero-order valence-electron chi connectivity index (χ0n) is 27.4. The van der Waals surface area contributed by atoms with Crippen LogP contribution in [-0.2, 0) is 19.1 Å². The van der Waals surface area contributed by atoms with Gasteiger partial charge in [0.2, 0.25) is 5.91 Å². The smallest absolute Gasteiger partial charge is 0.336 e. The molecule has 3 rings (SSSR count). The Bertz CT molecular complexity index is 1540. The minimum Gasteiger partial charge on any atom is -0.493 e. The normalized spacial score (nSPS) is 17.0. The van der Waals surface area contributed by atoms with Gasteiger partial charge in [-0.2, -0.15) is 0 Å². The molecular formula is C33H42N4O10. The fraction of sp³-hybridized carbons (Fsp3) is 0.455. The number of hydrogen-bond acceptors (Lipinski definition) is 11. The summed E-state index contributed by atoms with van der Waals surface area (Å²) in [6.07, 6.45) is -0.905. The van der Waals surface area contributed by atoms with E-state index in [1.807, 2.05) is 13.8 Å². The van der Waals surface area contributed by atoms with E-state index in [1.165, 1.54) is 50.1 Å². The molecule has 3 N–H and O–H groups in total. The van der Waals surface area contributed by atoms with E-state index >= 15 is 0 Å². The van der Waals surface area contributed by atoms with E-state index < -0.39 is 40.3 Å². The number of methoxy groups -OCH3 is 1. The van der Waals surface area contributed by atoms with Crippen LogP contribution < -0.4 is 14.8 Å². The number of nitrogens with one attached hydrogen (secondary N) is 1. The Morgan fingerprint density at radius 3 is 2.43 bits per heavy atom. The molecule has 0 saturated carbocycles. The lowest BCUT2D eigenvalue weighted by molar-refractivity contribution is -0.384. The van der Waals surface area contributed by atoms with Gasteiger partial charge < -0.3 is 34.6 Å². The molecule has 0 saturated heterocycles. The van der Waals surface area contributed by atoms with Gasteiger partial charge in [0.25, 0.3) is 5.69 Å². The summed E-state index contributed by atoms with van der Waals surface area (Å²) in [5, 5.41) is 35.6. The molecule has 14 heteroatoms. The third-order valence-corrected chi connectivity index (χ3v) is 7.61. The fourth-order valence-corrected chi connectivity index (χ4v) is 5.39. The Kier molecular flexibility index (Phi) is 12.6. The molecule has 0 bridgehead atoms. The maximum absolute atomic E-state index is 13.5. The number of carboxylic acids is 1. The zero-order valence-corrected chi connectivity index (χ0v) is 27.4. The second-order valence-corrected chi connectivity index (χ2v) is 11.7. The molecule has 1 aliphatic rings. The number of ether oxygens (including phenoxy) is 3. The van der Waals surface area contributed by atoms with Crippen molar-refractivity contribution in [3.63, 3.8) is 0 Å². The average Bonchev–Trinajstić information content (AvgIpc) is 3.02. The number of para-hydroxylation sites is 2. The summed E-state index contributed by atoms with van der Waals surface area (Å²) in [6.45, 7) is 8.14. The Morgan fingerprint density at radius 2 is 1.83 bits per heavy atom. The highest BCUT2D eigenvalue weighted by molar-refractivity contribution is 6.06. The molecule has 3 unspecified atom stereocenters. The van der Waals surface area contributed by atoms with Crippen molar-refractivity contribution in [1.82, 2.24) is 10.2 Å². The molecule has 0 spiro atoms. The van der Waals surface area contributed by atoms with Crippen molar-refractivity contribution in [2.24, 2.45) is 10.9 Å². The number of aliphatic hydroxyl groups is 1. The van der Waals surface area contributed by atoms with Crippen molar-refractivity contribution in [2.45, 2.75) is 52.2 Å². The van der Waals surface area contributed by atoms with Crippen LogP contribution in [-0.4, -0.2) is 95.2 Å². The van der Waals surface area contributed by atoms with E-state index in [0.29, 0.717) is 11.5 Å². The van der Waals surface area contributed by atoms with E-state index in [-0.39, 0.29) is 67.0 Å². The van der Waals surface area contributed by atoms with Crippen molar-refractivity contribution < 1.29 is 43.7 Å². The molecule has 3 atom stereocenters. The first-order valence-corrected chi connectivity index (χ1v) is 15.1. The fourth-order valence-electron chi connectivity index (χ4n) is 5.39. The number of aliphatic imine (C=N–C) groups is 1. The molecule has 2 aromatic carbocycles. The predicted octanol–water partition coefficient (Wildman–Crippen LogP) is 3.34. The number of aliphatic carboxylic acids is 1. The van der Waals surface area contributed by atoms with Crippen LogP contribution >= 0.6 is 0 Å². The summed E-state index contributed by atoms with van der Waals surface area (Å²) in [5.74, 6) is -3.92. The number of nitro groups is 1. The predicted molar refractivity (Wildman–Crippen MR) is 173 cm³/mol. The Morgan fingerprint density at radius 1 is 1.15 bits per heavy atom. The summed E-state index contributed by atoms with van der Waals surface area (Å²) < 4.78 is 16.3. The second-order valence-electron chi connectivity index (χ2n) is 11.7. The number of nitro benzene ring substituents is 1. The molecule has 2 aromatic rings. The molecule has 0 aromatic heterocycles. The van der Waals surface area contributed by atoms with Crippen molar-refractivity contribution in [1.29, 1.82) is 0 Å². The number of amides is 1. The maximum Gasteiger partial charge on any atom is 0.336 e. The standard InChI is InChI=1S/C33H42N4O10/c1-7-46-32(42)30-25(35-20(2)28(31(40)41)29(30)22-11-10-12-23(15-22)37(43)44)17-36(21(3)38)19-33(4,5)34-16-24(39)18-47-27-14-9-8-13-26(27)45-6/h8-15,24,28-29,34,39H,7,16-19H2,1-6H3,(H,40,41). The van der Waals surface area contributed by atoms with E-state index in [4.69, 9.17) is 14.2 Å². The highest BCUT2D eigenvalue weighted by Crippen LogP contribution is 2.41. The molecule has 47 heavy (non-hydrogen) atoms. The summed E-state index contributed by atoms with van der Waals surface area (Å²) in [5.41, 5.74) is -0.612. The van der Waals surface area contributed by atoms with Crippen molar-refractivity contribution in [3.8, 4) is 11.5 Å². The molecule has 1 amide bonds. The van der Waals surface area contributed by atoms with Gasteiger partial charge in [0, 0.05) is 49.3 Å². The van der Waals surface area contributed by atoms with Crippen LogP contribution in [0.1, 0.15) is 46.1 Å². The molecular weight excluding hydrogens is 612 g/mol. The van der Waals surface area contributed by atoms with Gasteiger partial charge in [-0.3, -0.25) is 24.7 Å². The van der Waals surface area contributed by atoms with Crippen LogP contribution in [0.15, 0.2) is 64.8 Å². The maximum atomic E-state index is 13.5. The van der Waals surface area contributed by atoms with Gasteiger partial charge in [-0.25, -0.2) is 4.79 Å². The van der Waals surface area contributed by atoms with E-state index in [9.17, 15) is 34.7 Å². The number of benzene rings is 2. The summed E-state index contributed by atoms with van der Waals surface area (Å²) in [7, 11) is 1.52. The first-order valence-electron chi connectivity index (χ1n) is 15.1. The topological polar surface area (TPSA) is 190 Å². The van der Waals surface area contributed by atoms with Gasteiger partial charge in [-0.05, 0) is 45.4 Å². The molecule has 254 valence electrons. The van der Waals surface area contributed by atoms with Gasteiger partial charge in [-0.1, -0.05) is 24.3 Å². The summed E-state index contributed by atoms with van der Waals surface area (Å²) >= 11 is 0. The van der Waals surface area contributed by atoms with E-state index in [2.05, 4.69) is 10.3 Å². The van der Waals surface area contributed by atoms with Gasteiger partial charge in [-0.15, -0.1) is 0 Å². The zero-order chi connectivity index (χ0) is 34.9. The van der Waals surface area contributed by atoms with Crippen LogP contribution in [0.3, 0.4) is 0 Å². The lowest BCUT2D eigenvalue weighted by Gasteiger charge is -2.36.